The molecule has 0 spiro atoms. The van der Waals surface area contributed by atoms with Gasteiger partial charge in [-0.05, 0) is 83.6 Å². The molecule has 5 rings (SSSR count). The quantitative estimate of drug-likeness (QED) is 0.472. The molecule has 9 nitrogen and oxygen atoms in total. The van der Waals surface area contributed by atoms with E-state index in [1.165, 1.54) is 0 Å². The van der Waals surface area contributed by atoms with Crippen LogP contribution >= 0.6 is 0 Å². The molecule has 2 aliphatic heterocycles. The van der Waals surface area contributed by atoms with Gasteiger partial charge in [-0.1, -0.05) is 12.1 Å². The minimum atomic E-state index is -0.518. The summed E-state index contributed by atoms with van der Waals surface area (Å²) in [7, 11) is 0. The lowest BCUT2D eigenvalue weighted by Gasteiger charge is -2.37. The molecule has 0 radical (unpaired) electrons. The van der Waals surface area contributed by atoms with Gasteiger partial charge in [-0.3, -0.25) is 0 Å². The van der Waals surface area contributed by atoms with Gasteiger partial charge in [-0.25, -0.2) is 9.78 Å². The average Bonchev–Trinajstić information content (AvgIpc) is 3.34. The smallest absolute Gasteiger partial charge is 0.410 e. The summed E-state index contributed by atoms with van der Waals surface area (Å²) in [6, 6.07) is 10.2. The number of nitrogens with one attached hydrogen (secondary N) is 1. The van der Waals surface area contributed by atoms with Gasteiger partial charge >= 0.3 is 6.09 Å². The third-order valence-corrected chi connectivity index (χ3v) is 7.88. The number of hydrogen-bond donors (Lipinski definition) is 1. The zero-order chi connectivity index (χ0) is 27.9. The van der Waals surface area contributed by atoms with E-state index in [1.54, 1.807) is 0 Å². The van der Waals surface area contributed by atoms with Gasteiger partial charge in [0.15, 0.2) is 5.82 Å². The van der Waals surface area contributed by atoms with Crippen LogP contribution in [0.4, 0.5) is 16.4 Å². The fourth-order valence-corrected chi connectivity index (χ4v) is 5.88. The van der Waals surface area contributed by atoms with Crippen molar-refractivity contribution in [2.45, 2.75) is 72.1 Å². The Labute approximate surface area is 230 Å². The predicted molar refractivity (Wildman–Crippen MR) is 152 cm³/mol. The van der Waals surface area contributed by atoms with Gasteiger partial charge in [0.25, 0.3) is 0 Å². The lowest BCUT2D eigenvalue weighted by Crippen LogP contribution is -2.50. The van der Waals surface area contributed by atoms with Crippen LogP contribution < -0.4 is 10.2 Å². The highest BCUT2D eigenvalue weighted by atomic mass is 16.6. The van der Waals surface area contributed by atoms with Crippen molar-refractivity contribution in [3.63, 3.8) is 0 Å². The maximum atomic E-state index is 13.0. The van der Waals surface area contributed by atoms with Crippen molar-refractivity contribution in [1.29, 1.82) is 5.26 Å². The summed E-state index contributed by atoms with van der Waals surface area (Å²) < 4.78 is 5.72. The highest BCUT2D eigenvalue weighted by Crippen LogP contribution is 2.36. The van der Waals surface area contributed by atoms with E-state index in [9.17, 15) is 10.1 Å². The molecule has 3 aromatic rings. The zero-order valence-electron chi connectivity index (χ0n) is 23.7. The van der Waals surface area contributed by atoms with Gasteiger partial charge in [0.1, 0.15) is 11.4 Å². The zero-order valence-corrected chi connectivity index (χ0v) is 23.7. The Morgan fingerprint density at radius 3 is 2.74 bits per heavy atom. The summed E-state index contributed by atoms with van der Waals surface area (Å²) in [5.41, 5.74) is 2.97. The van der Waals surface area contributed by atoms with Gasteiger partial charge in [0, 0.05) is 36.6 Å². The van der Waals surface area contributed by atoms with Crippen molar-refractivity contribution < 1.29 is 9.53 Å². The third kappa shape index (κ3) is 5.33. The van der Waals surface area contributed by atoms with Gasteiger partial charge < -0.3 is 19.9 Å². The van der Waals surface area contributed by atoms with Gasteiger partial charge in [-0.2, -0.15) is 10.4 Å². The first-order chi connectivity index (χ1) is 18.6. The van der Waals surface area contributed by atoms with Gasteiger partial charge in [0.2, 0.25) is 0 Å². The fourth-order valence-electron chi connectivity index (χ4n) is 5.88. The largest absolute Gasteiger partial charge is 0.444 e. The predicted octanol–water partition coefficient (Wildman–Crippen LogP) is 5.52. The Morgan fingerprint density at radius 2 is 2.00 bits per heavy atom. The maximum Gasteiger partial charge on any atom is 0.410 e. The minimum absolute atomic E-state index is 0.0767. The Hall–Kier alpha value is -3.93. The number of fused-ring (bicyclic) bond motifs is 2. The van der Waals surface area contributed by atoms with Gasteiger partial charge in [-0.15, -0.1) is 5.10 Å². The van der Waals surface area contributed by atoms with E-state index in [4.69, 9.17) is 9.72 Å². The van der Waals surface area contributed by atoms with Crippen molar-refractivity contribution in [3.05, 3.63) is 52.8 Å². The third-order valence-electron chi connectivity index (χ3n) is 7.88. The van der Waals surface area contributed by atoms with E-state index in [0.717, 1.165) is 65.9 Å². The van der Waals surface area contributed by atoms with Crippen molar-refractivity contribution in [1.82, 2.24) is 20.1 Å². The van der Waals surface area contributed by atoms with E-state index in [0.29, 0.717) is 17.3 Å². The highest BCUT2D eigenvalue weighted by Gasteiger charge is 2.42. The number of benzene rings is 1. The number of likely N-dealkylation sites (tertiary alicyclic amines) is 1. The molecular weight excluding hydrogens is 490 g/mol. The number of nitriles is 1. The number of carbonyl (C=O) groups excluding carboxylic acids is 1. The molecular formula is C30H37N7O2. The minimum Gasteiger partial charge on any atom is -0.444 e. The number of ether oxygens (including phenoxy) is 1. The number of hydrogen-bond acceptors (Lipinski definition) is 8. The van der Waals surface area contributed by atoms with Crippen molar-refractivity contribution >= 4 is 28.5 Å². The summed E-state index contributed by atoms with van der Waals surface area (Å²) in [5.74, 6) is 1.93. The molecule has 1 aromatic carbocycles. The first-order valence-electron chi connectivity index (χ1n) is 13.7. The number of aromatic nitrogens is 3. The standard InChI is InChI=1S/C30H37N7O2/c1-18-21(14-31)9-7-11-23(18)19(2)33-28-24-13-27(32-15-25(24)20(3)34-35-28)36-16-22-10-8-12-37(26(22)17-36)29(38)39-30(4,5)6/h7,9,11,13,15,19,22,26H,8,10,12,16-17H2,1-6H3,(H,33,35)/t19-,22?,26?/m1/s1. The summed E-state index contributed by atoms with van der Waals surface area (Å²) in [5, 5.41) is 23.8. The van der Waals surface area contributed by atoms with E-state index < -0.39 is 5.60 Å². The van der Waals surface area contributed by atoms with Crippen LogP contribution in [0.15, 0.2) is 30.5 Å². The second-order valence-corrected chi connectivity index (χ2v) is 11.8. The lowest BCUT2D eigenvalue weighted by atomic mass is 9.92. The topological polar surface area (TPSA) is 107 Å². The molecule has 9 heteroatoms. The van der Waals surface area contributed by atoms with Crippen molar-refractivity contribution in [3.8, 4) is 6.07 Å². The summed E-state index contributed by atoms with van der Waals surface area (Å²) in [4.78, 5) is 22.0. The number of nitrogens with zero attached hydrogens (tertiary/aromatic N) is 6. The number of anilines is 2. The number of aryl methyl sites for hydroxylation is 1. The second-order valence-electron chi connectivity index (χ2n) is 11.8. The van der Waals surface area contributed by atoms with Crippen LogP contribution in [0.2, 0.25) is 0 Å². The molecule has 0 aliphatic carbocycles. The summed E-state index contributed by atoms with van der Waals surface area (Å²) >= 11 is 0. The number of pyridine rings is 1. The highest BCUT2D eigenvalue weighted by molar-refractivity contribution is 5.94. The molecule has 0 saturated carbocycles. The number of carbonyl (C=O) groups is 1. The normalized spacial score (nSPS) is 19.9. The molecule has 0 bridgehead atoms. The first kappa shape index (κ1) is 26.7. The molecule has 2 aromatic heterocycles. The van der Waals surface area contributed by atoms with E-state index in [1.807, 2.05) is 63.9 Å². The van der Waals surface area contributed by atoms with Crippen LogP contribution in [-0.2, 0) is 4.74 Å². The van der Waals surface area contributed by atoms with Crippen LogP contribution in [0.25, 0.3) is 10.8 Å². The van der Waals surface area contributed by atoms with E-state index in [-0.39, 0.29) is 18.2 Å². The monoisotopic (exact) mass is 527 g/mol. The van der Waals surface area contributed by atoms with Crippen molar-refractivity contribution in [2.75, 3.05) is 29.9 Å². The molecule has 2 aliphatic rings. The van der Waals surface area contributed by atoms with Crippen LogP contribution in [0.3, 0.4) is 0 Å². The fraction of sp³-hybridized carbons (Fsp3) is 0.500. The maximum absolute atomic E-state index is 13.0. The Kier molecular flexibility index (Phi) is 7.06. The Morgan fingerprint density at radius 1 is 1.21 bits per heavy atom. The number of rotatable bonds is 4. The van der Waals surface area contributed by atoms with Crippen LogP contribution in [-0.4, -0.2) is 57.5 Å². The molecule has 1 amide bonds. The van der Waals surface area contributed by atoms with E-state index in [2.05, 4.69) is 39.5 Å². The molecule has 4 heterocycles. The second kappa shape index (κ2) is 10.3. The lowest BCUT2D eigenvalue weighted by molar-refractivity contribution is 0.00669. The molecule has 39 heavy (non-hydrogen) atoms. The molecule has 3 atom stereocenters. The average molecular weight is 528 g/mol. The number of amides is 1. The van der Waals surface area contributed by atoms with Crippen LogP contribution in [0.5, 0.6) is 0 Å². The Bertz CT molecular complexity index is 1440. The van der Waals surface area contributed by atoms with E-state index >= 15 is 0 Å². The molecule has 204 valence electrons. The van der Waals surface area contributed by atoms with Crippen LogP contribution in [0, 0.1) is 31.1 Å². The molecule has 2 saturated heterocycles. The van der Waals surface area contributed by atoms with Gasteiger partial charge in [0.05, 0.1) is 29.4 Å². The molecule has 2 unspecified atom stereocenters. The first-order valence-corrected chi connectivity index (χ1v) is 13.7. The number of piperidine rings is 1. The van der Waals surface area contributed by atoms with Crippen LogP contribution in [0.1, 0.15) is 69.0 Å². The molecule has 2 fully saturated rings. The summed E-state index contributed by atoms with van der Waals surface area (Å²) in [6.45, 7) is 14.0. The molecule has 1 N–H and O–H groups in total. The van der Waals surface area contributed by atoms with Crippen molar-refractivity contribution in [2.24, 2.45) is 5.92 Å². The SMILES string of the molecule is Cc1c(C#N)cccc1[C@@H](C)Nc1nnc(C)c2cnc(N3CC4CCCN(C(=O)OC(C)(C)C)C4C3)cc12. The Balaban J connectivity index is 1.42. The summed E-state index contributed by atoms with van der Waals surface area (Å²) in [6.07, 6.45) is 3.71.